The fourth-order valence-corrected chi connectivity index (χ4v) is 3.17. The lowest BCUT2D eigenvalue weighted by atomic mass is 10.1. The van der Waals surface area contributed by atoms with Crippen LogP contribution in [0.25, 0.3) is 0 Å². The van der Waals surface area contributed by atoms with E-state index in [-0.39, 0.29) is 24.9 Å². The van der Waals surface area contributed by atoms with Crippen LogP contribution in [-0.2, 0) is 16.0 Å². The number of nitrogens with one attached hydrogen (secondary N) is 1. The van der Waals surface area contributed by atoms with Gasteiger partial charge in [-0.15, -0.1) is 0 Å². The van der Waals surface area contributed by atoms with Crippen molar-refractivity contribution in [2.75, 3.05) is 33.9 Å². The van der Waals surface area contributed by atoms with Crippen molar-refractivity contribution in [3.63, 3.8) is 0 Å². The molecule has 0 atom stereocenters. The number of amides is 2. The zero-order chi connectivity index (χ0) is 21.6. The Hall–Kier alpha value is -2.35. The van der Waals surface area contributed by atoms with Crippen molar-refractivity contribution in [1.29, 1.82) is 0 Å². The van der Waals surface area contributed by atoms with Crippen LogP contribution < -0.4 is 5.32 Å². The Balaban J connectivity index is 3.22. The van der Waals surface area contributed by atoms with Crippen molar-refractivity contribution in [2.45, 2.75) is 53.6 Å². The van der Waals surface area contributed by atoms with Crippen molar-refractivity contribution in [3.8, 4) is 0 Å². The third kappa shape index (κ3) is 5.58. The van der Waals surface area contributed by atoms with E-state index in [1.807, 2.05) is 27.7 Å². The molecule has 0 radical (unpaired) electrons. The smallest absolute Gasteiger partial charge is 0.354 e. The van der Waals surface area contributed by atoms with Gasteiger partial charge in [0.1, 0.15) is 5.69 Å². The molecule has 28 heavy (non-hydrogen) atoms. The predicted octanol–water partition coefficient (Wildman–Crippen LogP) is 2.55. The molecule has 0 aliphatic heterocycles. The number of esters is 1. The van der Waals surface area contributed by atoms with Crippen molar-refractivity contribution in [1.82, 2.24) is 14.8 Å². The quantitative estimate of drug-likeness (QED) is 0.540. The monoisotopic (exact) mass is 395 g/mol. The summed E-state index contributed by atoms with van der Waals surface area (Å²) in [5, 5.41) is 2.87. The zero-order valence-corrected chi connectivity index (χ0v) is 18.3. The molecule has 1 aromatic heterocycles. The molecule has 0 bridgehead atoms. The maximum Gasteiger partial charge on any atom is 0.354 e. The van der Waals surface area contributed by atoms with Crippen LogP contribution in [0.2, 0.25) is 0 Å². The summed E-state index contributed by atoms with van der Waals surface area (Å²) in [5.41, 5.74) is 1.65. The minimum atomic E-state index is -0.483. The SMILES string of the molecule is CCn1c(C)c(C(=O)CN(CCOC)C(=O)NC(C)(C)C)c(C)c1C(=O)OC. The van der Waals surface area contributed by atoms with E-state index in [9.17, 15) is 14.4 Å². The maximum atomic E-state index is 13.1. The zero-order valence-electron chi connectivity index (χ0n) is 18.3. The van der Waals surface area contributed by atoms with Crippen LogP contribution in [0.4, 0.5) is 4.79 Å². The average Bonchev–Trinajstić information content (AvgIpc) is 2.85. The second kappa shape index (κ2) is 9.73. The summed E-state index contributed by atoms with van der Waals surface area (Å²) in [5.74, 6) is -0.712. The third-order valence-electron chi connectivity index (χ3n) is 4.41. The molecule has 0 aliphatic carbocycles. The summed E-state index contributed by atoms with van der Waals surface area (Å²) in [7, 11) is 2.86. The summed E-state index contributed by atoms with van der Waals surface area (Å²) in [6.45, 7) is 12.1. The summed E-state index contributed by atoms with van der Waals surface area (Å²) in [4.78, 5) is 39.3. The van der Waals surface area contributed by atoms with Gasteiger partial charge in [0.2, 0.25) is 0 Å². The number of nitrogens with zero attached hydrogens (tertiary/aromatic N) is 2. The highest BCUT2D eigenvalue weighted by Gasteiger charge is 2.28. The molecular weight excluding hydrogens is 362 g/mol. The maximum absolute atomic E-state index is 13.1. The Morgan fingerprint density at radius 2 is 1.75 bits per heavy atom. The van der Waals surface area contributed by atoms with Crippen LogP contribution in [0, 0.1) is 13.8 Å². The topological polar surface area (TPSA) is 89.9 Å². The van der Waals surface area contributed by atoms with Gasteiger partial charge in [-0.2, -0.15) is 0 Å². The summed E-state index contributed by atoms with van der Waals surface area (Å²) in [6.07, 6.45) is 0. The number of carbonyl (C=O) groups is 3. The number of hydrogen-bond donors (Lipinski definition) is 1. The van der Waals surface area contributed by atoms with Crippen molar-refractivity contribution in [2.24, 2.45) is 0 Å². The van der Waals surface area contributed by atoms with Gasteiger partial charge in [-0.3, -0.25) is 4.79 Å². The number of urea groups is 1. The highest BCUT2D eigenvalue weighted by atomic mass is 16.5. The van der Waals surface area contributed by atoms with Gasteiger partial charge in [0, 0.05) is 37.0 Å². The van der Waals surface area contributed by atoms with Crippen LogP contribution in [0.5, 0.6) is 0 Å². The molecule has 0 aliphatic rings. The van der Waals surface area contributed by atoms with E-state index in [2.05, 4.69) is 5.32 Å². The van der Waals surface area contributed by atoms with E-state index < -0.39 is 11.5 Å². The van der Waals surface area contributed by atoms with Crippen LogP contribution in [-0.4, -0.2) is 66.7 Å². The average molecular weight is 396 g/mol. The van der Waals surface area contributed by atoms with Gasteiger partial charge in [0.15, 0.2) is 5.78 Å². The first-order chi connectivity index (χ1) is 13.0. The fourth-order valence-electron chi connectivity index (χ4n) is 3.17. The molecule has 0 saturated carbocycles. The van der Waals surface area contributed by atoms with Crippen LogP contribution in [0.15, 0.2) is 0 Å². The van der Waals surface area contributed by atoms with Gasteiger partial charge >= 0.3 is 12.0 Å². The van der Waals surface area contributed by atoms with Gasteiger partial charge in [-0.05, 0) is 47.1 Å². The highest BCUT2D eigenvalue weighted by molar-refractivity contribution is 6.04. The Morgan fingerprint density at radius 3 is 2.21 bits per heavy atom. The molecule has 8 nitrogen and oxygen atoms in total. The number of ether oxygens (including phenoxy) is 2. The van der Waals surface area contributed by atoms with Gasteiger partial charge in [-0.25, -0.2) is 9.59 Å². The van der Waals surface area contributed by atoms with Crippen LogP contribution in [0.3, 0.4) is 0 Å². The molecule has 158 valence electrons. The lowest BCUT2D eigenvalue weighted by molar-refractivity contribution is 0.0587. The van der Waals surface area contributed by atoms with Gasteiger partial charge < -0.3 is 24.3 Å². The van der Waals surface area contributed by atoms with E-state index >= 15 is 0 Å². The van der Waals surface area contributed by atoms with Gasteiger partial charge in [0.25, 0.3) is 0 Å². The third-order valence-corrected chi connectivity index (χ3v) is 4.41. The predicted molar refractivity (Wildman–Crippen MR) is 107 cm³/mol. The van der Waals surface area contributed by atoms with E-state index in [1.54, 1.807) is 25.5 Å². The molecule has 1 heterocycles. The first-order valence-corrected chi connectivity index (χ1v) is 9.35. The number of carbonyl (C=O) groups excluding carboxylic acids is 3. The minimum absolute atomic E-state index is 0.110. The number of aromatic nitrogens is 1. The number of ketones is 1. The Bertz CT molecular complexity index is 731. The lowest BCUT2D eigenvalue weighted by Gasteiger charge is -2.28. The number of Topliss-reactive ketones (excluding diaryl/α,β-unsaturated/α-hetero) is 1. The second-order valence-corrected chi connectivity index (χ2v) is 7.69. The lowest BCUT2D eigenvalue weighted by Crippen LogP contribution is -2.50. The van der Waals surface area contributed by atoms with Crippen molar-refractivity contribution < 1.29 is 23.9 Å². The normalized spacial score (nSPS) is 11.3. The van der Waals surface area contributed by atoms with Gasteiger partial charge in [-0.1, -0.05) is 0 Å². The minimum Gasteiger partial charge on any atom is -0.464 e. The summed E-state index contributed by atoms with van der Waals surface area (Å²) < 4.78 is 11.7. The van der Waals surface area contributed by atoms with E-state index in [1.165, 1.54) is 12.0 Å². The molecule has 0 spiro atoms. The molecule has 0 fully saturated rings. The molecule has 0 aromatic carbocycles. The van der Waals surface area contributed by atoms with E-state index in [4.69, 9.17) is 9.47 Å². The molecule has 1 rings (SSSR count). The second-order valence-electron chi connectivity index (χ2n) is 7.69. The standard InChI is InChI=1S/C20H33N3O5/c1-9-23-14(3)16(13(2)17(23)18(25)28-8)15(24)12-22(10-11-27-7)19(26)21-20(4,5)6/h9-12H2,1-8H3,(H,21,26). The van der Waals surface area contributed by atoms with E-state index in [0.717, 1.165) is 0 Å². The molecule has 2 amide bonds. The molecule has 1 N–H and O–H groups in total. The number of rotatable bonds is 8. The molecular formula is C20H33N3O5. The molecule has 0 saturated heterocycles. The van der Waals surface area contributed by atoms with Crippen molar-refractivity contribution in [3.05, 3.63) is 22.5 Å². The Morgan fingerprint density at radius 1 is 1.14 bits per heavy atom. The fraction of sp³-hybridized carbons (Fsp3) is 0.650. The summed E-state index contributed by atoms with van der Waals surface area (Å²) in [6, 6.07) is -0.337. The molecule has 0 unspecified atom stereocenters. The Kier molecular flexibility index (Phi) is 8.23. The number of methoxy groups -OCH3 is 2. The Labute approximate surface area is 167 Å². The van der Waals surface area contributed by atoms with Gasteiger partial charge in [0.05, 0.1) is 20.3 Å². The highest BCUT2D eigenvalue weighted by Crippen LogP contribution is 2.24. The molecule has 8 heteroatoms. The van der Waals surface area contributed by atoms with Crippen molar-refractivity contribution >= 4 is 17.8 Å². The first kappa shape index (κ1) is 23.7. The van der Waals surface area contributed by atoms with E-state index in [0.29, 0.717) is 35.7 Å². The van der Waals surface area contributed by atoms with Crippen LogP contribution in [0.1, 0.15) is 59.8 Å². The largest absolute Gasteiger partial charge is 0.464 e. The summed E-state index contributed by atoms with van der Waals surface area (Å²) >= 11 is 0. The molecule has 1 aromatic rings. The van der Waals surface area contributed by atoms with Crippen LogP contribution >= 0.6 is 0 Å². The number of hydrogen-bond acceptors (Lipinski definition) is 5. The first-order valence-electron chi connectivity index (χ1n) is 9.35.